The smallest absolute Gasteiger partial charge is 0.244 e. The number of halogens is 3. The van der Waals surface area contributed by atoms with Gasteiger partial charge < -0.3 is 4.74 Å². The highest BCUT2D eigenvalue weighted by atomic mass is 79.9. The molecule has 19 heavy (non-hydrogen) atoms. The summed E-state index contributed by atoms with van der Waals surface area (Å²) in [5.41, 5.74) is 0. The predicted octanol–water partition coefficient (Wildman–Crippen LogP) is 2.98. The molecule has 0 radical (unpaired) electrons. The number of hydrogen-bond acceptors (Lipinski definition) is 3. The molecule has 108 valence electrons. The average Bonchev–Trinajstić information content (AvgIpc) is 2.33. The quantitative estimate of drug-likeness (QED) is 0.672. The van der Waals surface area contributed by atoms with Crippen molar-refractivity contribution in [3.8, 4) is 0 Å². The van der Waals surface area contributed by atoms with E-state index in [0.717, 1.165) is 4.47 Å². The van der Waals surface area contributed by atoms with Crippen molar-refractivity contribution in [3.05, 3.63) is 27.7 Å². The lowest BCUT2D eigenvalue weighted by atomic mass is 10.4. The normalized spacial score (nSPS) is 12.1. The van der Waals surface area contributed by atoms with Gasteiger partial charge in [0.15, 0.2) is 0 Å². The number of ether oxygens (including phenoxy) is 1. The van der Waals surface area contributed by atoms with Crippen molar-refractivity contribution in [3.63, 3.8) is 0 Å². The third-order valence-electron chi connectivity index (χ3n) is 2.39. The summed E-state index contributed by atoms with van der Waals surface area (Å²) in [5.74, 6) is 0.205. The largest absolute Gasteiger partial charge is 0.383 e. The van der Waals surface area contributed by atoms with Crippen LogP contribution in [0.3, 0.4) is 0 Å². The van der Waals surface area contributed by atoms with Gasteiger partial charge in [0.05, 0.1) is 11.6 Å². The Kier molecular flexibility index (Phi) is 7.07. The monoisotopic (exact) mass is 389 g/mol. The van der Waals surface area contributed by atoms with Gasteiger partial charge in [0.2, 0.25) is 10.0 Å². The fourth-order valence-corrected chi connectivity index (χ4v) is 4.20. The first-order valence-electron chi connectivity index (χ1n) is 5.43. The lowest BCUT2D eigenvalue weighted by molar-refractivity contribution is 0.180. The van der Waals surface area contributed by atoms with Gasteiger partial charge in [-0.2, -0.15) is 4.31 Å². The van der Waals surface area contributed by atoms with E-state index in [1.54, 1.807) is 12.1 Å². The lowest BCUT2D eigenvalue weighted by Crippen LogP contribution is -2.35. The second-order valence-corrected chi connectivity index (χ2v) is 7.27. The van der Waals surface area contributed by atoms with Crippen LogP contribution in [-0.2, 0) is 14.8 Å². The van der Waals surface area contributed by atoms with Crippen LogP contribution < -0.4 is 0 Å². The van der Waals surface area contributed by atoms with Crippen LogP contribution in [0.15, 0.2) is 27.6 Å². The Morgan fingerprint density at radius 2 is 2.05 bits per heavy atom. The van der Waals surface area contributed by atoms with Crippen LogP contribution in [0.2, 0.25) is 5.02 Å². The molecule has 0 unspecified atom stereocenters. The van der Waals surface area contributed by atoms with E-state index < -0.39 is 10.0 Å². The first kappa shape index (κ1) is 17.2. The van der Waals surface area contributed by atoms with E-state index in [0.29, 0.717) is 6.61 Å². The van der Waals surface area contributed by atoms with Crippen LogP contribution in [0.4, 0.5) is 0 Å². The Bertz CT molecular complexity index is 525. The van der Waals surface area contributed by atoms with E-state index in [2.05, 4.69) is 15.9 Å². The molecular formula is C11H14BrCl2NO3S. The van der Waals surface area contributed by atoms with Crippen molar-refractivity contribution in [2.75, 3.05) is 32.7 Å². The highest BCUT2D eigenvalue weighted by molar-refractivity contribution is 9.10. The molecule has 1 aromatic carbocycles. The van der Waals surface area contributed by atoms with Crippen LogP contribution in [-0.4, -0.2) is 45.4 Å². The minimum Gasteiger partial charge on any atom is -0.383 e. The van der Waals surface area contributed by atoms with E-state index in [4.69, 9.17) is 27.9 Å². The molecule has 4 nitrogen and oxygen atoms in total. The van der Waals surface area contributed by atoms with Crippen molar-refractivity contribution in [1.29, 1.82) is 0 Å². The van der Waals surface area contributed by atoms with Gasteiger partial charge >= 0.3 is 0 Å². The molecule has 0 atom stereocenters. The average molecular weight is 391 g/mol. The summed E-state index contributed by atoms with van der Waals surface area (Å²) in [6.07, 6.45) is 0. The summed E-state index contributed by atoms with van der Waals surface area (Å²) in [7, 11) is -2.15. The molecule has 0 aliphatic rings. The molecule has 0 aliphatic carbocycles. The number of rotatable bonds is 7. The van der Waals surface area contributed by atoms with Crippen LogP contribution in [0, 0.1) is 0 Å². The molecule has 1 aromatic rings. The second kappa shape index (κ2) is 7.81. The zero-order valence-corrected chi connectivity index (χ0v) is 14.2. The predicted molar refractivity (Wildman–Crippen MR) is 80.5 cm³/mol. The maximum Gasteiger partial charge on any atom is 0.244 e. The molecular weight excluding hydrogens is 377 g/mol. The maximum absolute atomic E-state index is 12.5. The van der Waals surface area contributed by atoms with Crippen molar-refractivity contribution in [1.82, 2.24) is 4.31 Å². The van der Waals surface area contributed by atoms with Gasteiger partial charge in [0, 0.05) is 30.6 Å². The van der Waals surface area contributed by atoms with Gasteiger partial charge in [0.25, 0.3) is 0 Å². The number of nitrogens with zero attached hydrogens (tertiary/aromatic N) is 1. The van der Waals surface area contributed by atoms with E-state index in [1.165, 1.54) is 17.5 Å². The summed E-state index contributed by atoms with van der Waals surface area (Å²) >= 11 is 14.9. The Balaban J connectivity index is 3.11. The summed E-state index contributed by atoms with van der Waals surface area (Å²) in [4.78, 5) is 0.0681. The molecule has 0 saturated heterocycles. The SMILES string of the molecule is COCCN(CCCl)S(=O)(=O)c1ccc(Br)cc1Cl. The summed E-state index contributed by atoms with van der Waals surface area (Å²) in [5, 5.41) is 0.173. The molecule has 0 aliphatic heterocycles. The highest BCUT2D eigenvalue weighted by Gasteiger charge is 2.26. The van der Waals surface area contributed by atoms with Crippen molar-refractivity contribution in [2.45, 2.75) is 4.90 Å². The minimum absolute atomic E-state index is 0.0681. The molecule has 8 heteroatoms. The van der Waals surface area contributed by atoms with E-state index in [-0.39, 0.29) is 28.9 Å². The fraction of sp³-hybridized carbons (Fsp3) is 0.455. The standard InChI is InChI=1S/C11H14BrCl2NO3S/c1-18-7-6-15(5-4-13)19(16,17)11-3-2-9(12)8-10(11)14/h2-3,8H,4-7H2,1H3. The zero-order valence-electron chi connectivity index (χ0n) is 10.3. The molecule has 0 fully saturated rings. The number of sulfonamides is 1. The Morgan fingerprint density at radius 3 is 2.58 bits per heavy atom. The molecule has 0 aromatic heterocycles. The molecule has 0 saturated carbocycles. The highest BCUT2D eigenvalue weighted by Crippen LogP contribution is 2.27. The third kappa shape index (κ3) is 4.58. The fourth-order valence-electron chi connectivity index (χ4n) is 1.46. The van der Waals surface area contributed by atoms with Crippen molar-refractivity contribution in [2.24, 2.45) is 0 Å². The zero-order chi connectivity index (χ0) is 14.5. The summed E-state index contributed by atoms with van der Waals surface area (Å²) in [6, 6.07) is 4.65. The van der Waals surface area contributed by atoms with Crippen molar-refractivity contribution >= 4 is 49.2 Å². The third-order valence-corrected chi connectivity index (χ3v) is 5.43. The van der Waals surface area contributed by atoms with Crippen LogP contribution in [0.5, 0.6) is 0 Å². The van der Waals surface area contributed by atoms with E-state index >= 15 is 0 Å². The van der Waals surface area contributed by atoms with Gasteiger partial charge in [-0.3, -0.25) is 0 Å². The molecule has 0 spiro atoms. The molecule has 0 amide bonds. The van der Waals surface area contributed by atoms with Gasteiger partial charge in [-0.15, -0.1) is 11.6 Å². The number of methoxy groups -OCH3 is 1. The maximum atomic E-state index is 12.5. The first-order valence-corrected chi connectivity index (χ1v) is 8.58. The Morgan fingerprint density at radius 1 is 1.37 bits per heavy atom. The van der Waals surface area contributed by atoms with Gasteiger partial charge in [-0.1, -0.05) is 27.5 Å². The van der Waals surface area contributed by atoms with Crippen LogP contribution in [0.25, 0.3) is 0 Å². The lowest BCUT2D eigenvalue weighted by Gasteiger charge is -2.21. The molecule has 0 bridgehead atoms. The first-order chi connectivity index (χ1) is 8.93. The topological polar surface area (TPSA) is 46.6 Å². The Hall–Kier alpha value is 0.150. The van der Waals surface area contributed by atoms with Gasteiger partial charge in [-0.05, 0) is 18.2 Å². The number of hydrogen-bond donors (Lipinski definition) is 0. The number of benzene rings is 1. The van der Waals surface area contributed by atoms with E-state index in [9.17, 15) is 8.42 Å². The van der Waals surface area contributed by atoms with Gasteiger partial charge in [0.1, 0.15) is 4.90 Å². The van der Waals surface area contributed by atoms with Crippen LogP contribution in [0.1, 0.15) is 0 Å². The Labute approximate surface area is 131 Å². The summed E-state index contributed by atoms with van der Waals surface area (Å²) in [6.45, 7) is 0.738. The molecule has 0 heterocycles. The van der Waals surface area contributed by atoms with Crippen LogP contribution >= 0.6 is 39.1 Å². The number of alkyl halides is 1. The summed E-state index contributed by atoms with van der Waals surface area (Å²) < 4.78 is 31.8. The molecule has 0 N–H and O–H groups in total. The molecule has 1 rings (SSSR count). The second-order valence-electron chi connectivity index (χ2n) is 3.66. The minimum atomic E-state index is -3.67. The van der Waals surface area contributed by atoms with Crippen molar-refractivity contribution < 1.29 is 13.2 Å². The van der Waals surface area contributed by atoms with E-state index in [1.807, 2.05) is 0 Å². The van der Waals surface area contributed by atoms with Gasteiger partial charge in [-0.25, -0.2) is 8.42 Å².